The van der Waals surface area contributed by atoms with Crippen LogP contribution in [0.3, 0.4) is 0 Å². The van der Waals surface area contributed by atoms with Gasteiger partial charge in [0.15, 0.2) is 5.96 Å². The number of benzene rings is 1. The van der Waals surface area contributed by atoms with Crippen LogP contribution in [0, 0.1) is 5.92 Å². The van der Waals surface area contributed by atoms with Crippen molar-refractivity contribution in [2.75, 3.05) is 46.9 Å². The lowest BCUT2D eigenvalue weighted by Gasteiger charge is -2.26. The van der Waals surface area contributed by atoms with Gasteiger partial charge in [0.05, 0.1) is 11.5 Å². The molecule has 1 aromatic rings. The summed E-state index contributed by atoms with van der Waals surface area (Å²) in [4.78, 5) is 7.00. The van der Waals surface area contributed by atoms with Crippen molar-refractivity contribution in [3.05, 3.63) is 29.8 Å². The SMILES string of the molecule is CN=C(NCc1cccc(S(=O)(=O)N2CCCCC2)c1)N1CCC(COC)C1.I. The van der Waals surface area contributed by atoms with Gasteiger partial charge in [-0.25, -0.2) is 8.42 Å². The molecule has 2 aliphatic heterocycles. The van der Waals surface area contributed by atoms with E-state index in [9.17, 15) is 8.42 Å². The number of nitrogens with one attached hydrogen (secondary N) is 1. The van der Waals surface area contributed by atoms with Gasteiger partial charge in [-0.3, -0.25) is 4.99 Å². The molecule has 2 fully saturated rings. The van der Waals surface area contributed by atoms with Gasteiger partial charge >= 0.3 is 0 Å². The molecule has 1 unspecified atom stereocenters. The molecule has 0 amide bonds. The molecule has 1 aromatic carbocycles. The number of hydrogen-bond acceptors (Lipinski definition) is 4. The molecule has 0 aromatic heterocycles. The van der Waals surface area contributed by atoms with E-state index in [2.05, 4.69) is 15.2 Å². The zero-order valence-electron chi connectivity index (χ0n) is 17.3. The van der Waals surface area contributed by atoms with Gasteiger partial charge in [0, 0.05) is 52.8 Å². The highest BCUT2D eigenvalue weighted by molar-refractivity contribution is 14.0. The Morgan fingerprint density at radius 1 is 1.24 bits per heavy atom. The Labute approximate surface area is 192 Å². The van der Waals surface area contributed by atoms with Gasteiger partial charge in [0.2, 0.25) is 10.0 Å². The predicted octanol–water partition coefficient (Wildman–Crippen LogP) is 2.52. The average Bonchev–Trinajstić information content (AvgIpc) is 3.18. The van der Waals surface area contributed by atoms with E-state index >= 15 is 0 Å². The third-order valence-corrected chi connectivity index (χ3v) is 7.40. The minimum atomic E-state index is -3.41. The lowest BCUT2D eigenvalue weighted by atomic mass is 10.1. The molecular formula is C20H33IN4O3S. The number of sulfonamides is 1. The Kier molecular flexibility index (Phi) is 9.64. The summed E-state index contributed by atoms with van der Waals surface area (Å²) in [6.45, 7) is 4.43. The number of nitrogens with zero attached hydrogens (tertiary/aromatic N) is 3. The molecule has 164 valence electrons. The van der Waals surface area contributed by atoms with Gasteiger partial charge in [-0.1, -0.05) is 18.6 Å². The van der Waals surface area contributed by atoms with E-state index in [1.807, 2.05) is 12.1 Å². The molecule has 3 rings (SSSR count). The predicted molar refractivity (Wildman–Crippen MR) is 126 cm³/mol. The highest BCUT2D eigenvalue weighted by Crippen LogP contribution is 2.21. The Bertz CT molecular complexity index is 782. The summed E-state index contributed by atoms with van der Waals surface area (Å²) < 4.78 is 32.7. The lowest BCUT2D eigenvalue weighted by Crippen LogP contribution is -2.40. The minimum absolute atomic E-state index is 0. The van der Waals surface area contributed by atoms with E-state index in [-0.39, 0.29) is 24.0 Å². The summed E-state index contributed by atoms with van der Waals surface area (Å²) in [5.41, 5.74) is 0.937. The van der Waals surface area contributed by atoms with Crippen LogP contribution in [0.15, 0.2) is 34.2 Å². The molecule has 0 radical (unpaired) electrons. The van der Waals surface area contributed by atoms with Crippen molar-refractivity contribution in [2.24, 2.45) is 10.9 Å². The van der Waals surface area contributed by atoms with Gasteiger partial charge in [-0.05, 0) is 37.0 Å². The number of piperidine rings is 1. The average molecular weight is 536 g/mol. The molecule has 0 spiro atoms. The zero-order chi connectivity index (χ0) is 20.0. The summed E-state index contributed by atoms with van der Waals surface area (Å²) in [5, 5.41) is 3.38. The third-order valence-electron chi connectivity index (χ3n) is 5.50. The second kappa shape index (κ2) is 11.5. The molecule has 29 heavy (non-hydrogen) atoms. The molecule has 1 N–H and O–H groups in total. The number of halogens is 1. The zero-order valence-corrected chi connectivity index (χ0v) is 20.5. The molecule has 2 aliphatic rings. The molecule has 2 saturated heterocycles. The van der Waals surface area contributed by atoms with Crippen molar-refractivity contribution in [1.29, 1.82) is 0 Å². The van der Waals surface area contributed by atoms with Crippen LogP contribution < -0.4 is 5.32 Å². The summed E-state index contributed by atoms with van der Waals surface area (Å²) in [6.07, 6.45) is 4.09. The third kappa shape index (κ3) is 6.28. The number of likely N-dealkylation sites (tertiary alicyclic amines) is 1. The van der Waals surface area contributed by atoms with Gasteiger partial charge < -0.3 is 15.0 Å². The summed E-state index contributed by atoms with van der Waals surface area (Å²) >= 11 is 0. The smallest absolute Gasteiger partial charge is 0.243 e. The normalized spacial score (nSPS) is 21.1. The molecule has 9 heteroatoms. The van der Waals surface area contributed by atoms with E-state index in [1.54, 1.807) is 30.6 Å². The Balaban J connectivity index is 0.00000300. The first kappa shape index (κ1) is 24.4. The van der Waals surface area contributed by atoms with Crippen molar-refractivity contribution in [2.45, 2.75) is 37.1 Å². The van der Waals surface area contributed by atoms with Crippen molar-refractivity contribution in [3.63, 3.8) is 0 Å². The topological polar surface area (TPSA) is 74.2 Å². The quantitative estimate of drug-likeness (QED) is 0.344. The summed E-state index contributed by atoms with van der Waals surface area (Å²) in [6, 6.07) is 7.24. The highest BCUT2D eigenvalue weighted by atomic mass is 127. The van der Waals surface area contributed by atoms with E-state index < -0.39 is 10.0 Å². The molecule has 7 nitrogen and oxygen atoms in total. The van der Waals surface area contributed by atoms with Crippen LogP contribution in [-0.2, 0) is 21.3 Å². The van der Waals surface area contributed by atoms with Crippen LogP contribution in [0.25, 0.3) is 0 Å². The molecule has 0 aliphatic carbocycles. The van der Waals surface area contributed by atoms with Crippen molar-refractivity contribution in [1.82, 2.24) is 14.5 Å². The number of rotatable bonds is 6. The number of ether oxygens (including phenoxy) is 1. The van der Waals surface area contributed by atoms with Crippen LogP contribution >= 0.6 is 24.0 Å². The van der Waals surface area contributed by atoms with Crippen molar-refractivity contribution in [3.8, 4) is 0 Å². The standard InChI is InChI=1S/C20H32N4O3S.HI/c1-21-20(23-12-9-18(15-23)16-27-2)22-14-17-7-6-8-19(13-17)28(25,26)24-10-4-3-5-11-24;/h6-8,13,18H,3-5,9-12,14-16H2,1-2H3,(H,21,22);1H. The second-order valence-corrected chi connectivity index (χ2v) is 9.51. The highest BCUT2D eigenvalue weighted by Gasteiger charge is 2.27. The van der Waals surface area contributed by atoms with Gasteiger partial charge in [0.25, 0.3) is 0 Å². The largest absolute Gasteiger partial charge is 0.384 e. The fraction of sp³-hybridized carbons (Fsp3) is 0.650. The first-order valence-corrected chi connectivity index (χ1v) is 11.5. The maximum atomic E-state index is 12.9. The fourth-order valence-electron chi connectivity index (χ4n) is 3.98. The first-order valence-electron chi connectivity index (χ1n) is 10.1. The van der Waals surface area contributed by atoms with Crippen molar-refractivity contribution < 1.29 is 13.2 Å². The minimum Gasteiger partial charge on any atom is -0.384 e. The van der Waals surface area contributed by atoms with Crippen LogP contribution in [0.5, 0.6) is 0 Å². The Morgan fingerprint density at radius 2 is 2.00 bits per heavy atom. The molecule has 1 atom stereocenters. The van der Waals surface area contributed by atoms with E-state index in [1.165, 1.54) is 0 Å². The number of hydrogen-bond donors (Lipinski definition) is 1. The van der Waals surface area contributed by atoms with Crippen LogP contribution in [0.2, 0.25) is 0 Å². The van der Waals surface area contributed by atoms with E-state index in [0.29, 0.717) is 30.4 Å². The lowest BCUT2D eigenvalue weighted by molar-refractivity contribution is 0.157. The van der Waals surface area contributed by atoms with Gasteiger partial charge in [-0.15, -0.1) is 24.0 Å². The number of aliphatic imine (C=N–C) groups is 1. The van der Waals surface area contributed by atoms with Crippen LogP contribution in [0.4, 0.5) is 0 Å². The molecular weight excluding hydrogens is 503 g/mol. The van der Waals surface area contributed by atoms with Crippen LogP contribution in [-0.4, -0.2) is 70.5 Å². The van der Waals surface area contributed by atoms with Crippen LogP contribution in [0.1, 0.15) is 31.2 Å². The fourth-order valence-corrected chi connectivity index (χ4v) is 5.57. The molecule has 0 bridgehead atoms. The number of guanidine groups is 1. The maximum Gasteiger partial charge on any atom is 0.243 e. The second-order valence-electron chi connectivity index (χ2n) is 7.57. The summed E-state index contributed by atoms with van der Waals surface area (Å²) in [5.74, 6) is 1.38. The first-order chi connectivity index (χ1) is 13.5. The van der Waals surface area contributed by atoms with Crippen molar-refractivity contribution >= 4 is 40.0 Å². The Hall–Kier alpha value is -0.910. The van der Waals surface area contributed by atoms with Gasteiger partial charge in [0.1, 0.15) is 0 Å². The summed E-state index contributed by atoms with van der Waals surface area (Å²) in [7, 11) is 0.111. The Morgan fingerprint density at radius 3 is 2.69 bits per heavy atom. The monoisotopic (exact) mass is 536 g/mol. The molecule has 2 heterocycles. The van der Waals surface area contributed by atoms with E-state index in [0.717, 1.165) is 56.9 Å². The van der Waals surface area contributed by atoms with Gasteiger partial charge in [-0.2, -0.15) is 4.31 Å². The maximum absolute atomic E-state index is 12.9. The van der Waals surface area contributed by atoms with E-state index in [4.69, 9.17) is 4.74 Å². The molecule has 0 saturated carbocycles. The number of methoxy groups -OCH3 is 1.